The summed E-state index contributed by atoms with van der Waals surface area (Å²) < 4.78 is 0. The van der Waals surface area contributed by atoms with Crippen LogP contribution in [0.4, 0.5) is 0 Å². The highest BCUT2D eigenvalue weighted by atomic mass is 32.1. The van der Waals surface area contributed by atoms with Crippen LogP contribution in [0.15, 0.2) is 12.7 Å². The molecule has 0 bridgehead atoms. The largest absolute Gasteiger partial charge is 0.359 e. The van der Waals surface area contributed by atoms with E-state index < -0.39 is 0 Å². The molecule has 0 heterocycles. The molecule has 0 aliphatic carbocycles. The number of rotatable bonds is 4. The van der Waals surface area contributed by atoms with Crippen molar-refractivity contribution in [2.45, 2.75) is 39.8 Å². The molecule has 0 atom stereocenters. The molecule has 0 spiro atoms. The van der Waals surface area contributed by atoms with Crippen LogP contribution in [0.5, 0.6) is 0 Å². The van der Waals surface area contributed by atoms with Crippen molar-refractivity contribution >= 4 is 17.3 Å². The van der Waals surface area contributed by atoms with Gasteiger partial charge in [0.15, 0.2) is 5.11 Å². The summed E-state index contributed by atoms with van der Waals surface area (Å²) in [6.45, 7) is 12.9. The van der Waals surface area contributed by atoms with E-state index in [0.29, 0.717) is 12.1 Å². The lowest BCUT2D eigenvalue weighted by Crippen LogP contribution is -2.47. The van der Waals surface area contributed by atoms with Gasteiger partial charge in [-0.3, -0.25) is 0 Å². The average molecular weight is 200 g/mol. The second-order valence-electron chi connectivity index (χ2n) is 3.57. The van der Waals surface area contributed by atoms with E-state index in [4.69, 9.17) is 12.2 Å². The first-order valence-corrected chi connectivity index (χ1v) is 5.08. The molecule has 76 valence electrons. The molecule has 1 N–H and O–H groups in total. The molecule has 0 radical (unpaired) electrons. The van der Waals surface area contributed by atoms with E-state index in [0.717, 1.165) is 11.7 Å². The third kappa shape index (κ3) is 4.27. The van der Waals surface area contributed by atoms with E-state index in [-0.39, 0.29) is 0 Å². The fourth-order valence-corrected chi connectivity index (χ4v) is 1.82. The zero-order valence-corrected chi connectivity index (χ0v) is 9.82. The second kappa shape index (κ2) is 5.97. The summed E-state index contributed by atoms with van der Waals surface area (Å²) in [6.07, 6.45) is 1.81. The van der Waals surface area contributed by atoms with Crippen molar-refractivity contribution in [1.82, 2.24) is 10.2 Å². The maximum absolute atomic E-state index is 5.26. The van der Waals surface area contributed by atoms with Crippen LogP contribution in [-0.4, -0.2) is 28.6 Å². The first-order valence-electron chi connectivity index (χ1n) is 4.67. The Morgan fingerprint density at radius 1 is 1.38 bits per heavy atom. The Hall–Kier alpha value is -0.570. The lowest BCUT2D eigenvalue weighted by Gasteiger charge is -2.33. The van der Waals surface area contributed by atoms with Gasteiger partial charge in [0.05, 0.1) is 0 Å². The molecule has 2 nitrogen and oxygen atoms in total. The minimum Gasteiger partial charge on any atom is -0.359 e. The van der Waals surface area contributed by atoms with Gasteiger partial charge >= 0.3 is 0 Å². The van der Waals surface area contributed by atoms with Crippen molar-refractivity contribution in [3.63, 3.8) is 0 Å². The Bertz CT molecular complexity index is 168. The van der Waals surface area contributed by atoms with Gasteiger partial charge < -0.3 is 10.2 Å². The second-order valence-corrected chi connectivity index (χ2v) is 3.96. The minimum absolute atomic E-state index is 0.435. The number of hydrogen-bond acceptors (Lipinski definition) is 1. The molecule has 0 aromatic carbocycles. The van der Waals surface area contributed by atoms with Gasteiger partial charge in [-0.05, 0) is 39.9 Å². The Balaban J connectivity index is 4.20. The summed E-state index contributed by atoms with van der Waals surface area (Å²) in [5.41, 5.74) is 0. The zero-order chi connectivity index (χ0) is 10.4. The van der Waals surface area contributed by atoms with Gasteiger partial charge in [0.1, 0.15) is 0 Å². The summed E-state index contributed by atoms with van der Waals surface area (Å²) in [6, 6.07) is 0.870. The van der Waals surface area contributed by atoms with Gasteiger partial charge in [-0.25, -0.2) is 0 Å². The lowest BCUT2D eigenvalue weighted by atomic mass is 10.2. The van der Waals surface area contributed by atoms with Crippen molar-refractivity contribution in [2.75, 3.05) is 6.54 Å². The SMILES string of the molecule is C=CCNC(=S)N(C(C)C)C(C)C. The van der Waals surface area contributed by atoms with Crippen molar-refractivity contribution in [2.24, 2.45) is 0 Å². The van der Waals surface area contributed by atoms with Crippen LogP contribution in [0.25, 0.3) is 0 Å². The van der Waals surface area contributed by atoms with Crippen molar-refractivity contribution in [3.05, 3.63) is 12.7 Å². The topological polar surface area (TPSA) is 15.3 Å². The van der Waals surface area contributed by atoms with E-state index in [1.165, 1.54) is 0 Å². The van der Waals surface area contributed by atoms with Gasteiger partial charge in [0.25, 0.3) is 0 Å². The summed E-state index contributed by atoms with van der Waals surface area (Å²) in [5.74, 6) is 0. The number of hydrogen-bond donors (Lipinski definition) is 1. The van der Waals surface area contributed by atoms with Crippen molar-refractivity contribution in [1.29, 1.82) is 0 Å². The highest BCUT2D eigenvalue weighted by Gasteiger charge is 2.15. The Morgan fingerprint density at radius 3 is 2.15 bits per heavy atom. The summed E-state index contributed by atoms with van der Waals surface area (Å²) in [7, 11) is 0. The maximum Gasteiger partial charge on any atom is 0.169 e. The highest BCUT2D eigenvalue weighted by molar-refractivity contribution is 7.80. The van der Waals surface area contributed by atoms with Crippen molar-refractivity contribution in [3.8, 4) is 0 Å². The molecule has 0 fully saturated rings. The normalized spacial score (nSPS) is 10.3. The average Bonchev–Trinajstić information content (AvgIpc) is 1.99. The highest BCUT2D eigenvalue weighted by Crippen LogP contribution is 2.04. The Kier molecular flexibility index (Phi) is 5.71. The van der Waals surface area contributed by atoms with Crippen LogP contribution in [0, 0.1) is 0 Å². The summed E-state index contributed by atoms with van der Waals surface area (Å²) in [4.78, 5) is 2.18. The molecular formula is C10H20N2S. The van der Waals surface area contributed by atoms with Crippen molar-refractivity contribution < 1.29 is 0 Å². The van der Waals surface area contributed by atoms with E-state index in [2.05, 4.69) is 44.5 Å². The standard InChI is InChI=1S/C10H20N2S/c1-6-7-11-10(13)12(8(2)3)9(4)5/h6,8-9H,1,7H2,2-5H3,(H,11,13). The molecule has 0 aliphatic rings. The molecule has 0 amide bonds. The Labute approximate surface area is 87.0 Å². The van der Waals surface area contributed by atoms with Crippen LogP contribution in [0.3, 0.4) is 0 Å². The maximum atomic E-state index is 5.26. The fourth-order valence-electron chi connectivity index (χ4n) is 1.32. The van der Waals surface area contributed by atoms with E-state index >= 15 is 0 Å². The predicted molar refractivity (Wildman–Crippen MR) is 62.9 cm³/mol. The van der Waals surface area contributed by atoms with Crippen LogP contribution < -0.4 is 5.32 Å². The lowest BCUT2D eigenvalue weighted by molar-refractivity contribution is 0.289. The predicted octanol–water partition coefficient (Wildman–Crippen LogP) is 2.17. The van der Waals surface area contributed by atoms with Gasteiger partial charge in [-0.15, -0.1) is 6.58 Å². The molecular weight excluding hydrogens is 180 g/mol. The first kappa shape index (κ1) is 12.4. The third-order valence-electron chi connectivity index (χ3n) is 1.74. The van der Waals surface area contributed by atoms with Crippen LogP contribution in [0.2, 0.25) is 0 Å². The van der Waals surface area contributed by atoms with Gasteiger partial charge in [0, 0.05) is 18.6 Å². The van der Waals surface area contributed by atoms with Gasteiger partial charge in [-0.2, -0.15) is 0 Å². The van der Waals surface area contributed by atoms with E-state index in [1.807, 2.05) is 6.08 Å². The Morgan fingerprint density at radius 2 is 1.85 bits per heavy atom. The van der Waals surface area contributed by atoms with E-state index in [9.17, 15) is 0 Å². The zero-order valence-electron chi connectivity index (χ0n) is 9.00. The fraction of sp³-hybridized carbons (Fsp3) is 0.700. The quantitative estimate of drug-likeness (QED) is 0.553. The molecule has 0 aromatic heterocycles. The summed E-state index contributed by atoms with van der Waals surface area (Å²) in [5, 5.41) is 3.94. The van der Waals surface area contributed by atoms with Gasteiger partial charge in [-0.1, -0.05) is 6.08 Å². The minimum atomic E-state index is 0.435. The molecule has 3 heteroatoms. The molecule has 0 unspecified atom stereocenters. The molecule has 0 saturated carbocycles. The smallest absolute Gasteiger partial charge is 0.169 e. The molecule has 0 aromatic rings. The molecule has 13 heavy (non-hydrogen) atoms. The van der Waals surface area contributed by atoms with Gasteiger partial charge in [0.2, 0.25) is 0 Å². The summed E-state index contributed by atoms with van der Waals surface area (Å²) >= 11 is 5.26. The molecule has 0 aliphatic heterocycles. The number of nitrogens with one attached hydrogen (secondary N) is 1. The van der Waals surface area contributed by atoms with Crippen LogP contribution in [-0.2, 0) is 0 Å². The third-order valence-corrected chi connectivity index (χ3v) is 2.10. The first-order chi connectivity index (χ1) is 6.00. The monoisotopic (exact) mass is 200 g/mol. The van der Waals surface area contributed by atoms with Crippen LogP contribution >= 0.6 is 12.2 Å². The number of thiocarbonyl (C=S) groups is 1. The van der Waals surface area contributed by atoms with Crippen LogP contribution in [0.1, 0.15) is 27.7 Å². The molecule has 0 saturated heterocycles. The molecule has 0 rings (SSSR count). The van der Waals surface area contributed by atoms with E-state index in [1.54, 1.807) is 0 Å². The number of nitrogens with zero attached hydrogens (tertiary/aromatic N) is 1.